The highest BCUT2D eigenvalue weighted by atomic mass is 16.6. The molecule has 41 heavy (non-hydrogen) atoms. The van der Waals surface area contributed by atoms with Gasteiger partial charge in [-0.3, -0.25) is 14.6 Å². The van der Waals surface area contributed by atoms with Crippen LogP contribution < -0.4 is 5.73 Å². The second-order valence-corrected chi connectivity index (χ2v) is 12.2. The van der Waals surface area contributed by atoms with Crippen LogP contribution in [0.15, 0.2) is 40.2 Å². The normalized spacial score (nSPS) is 23.0. The lowest BCUT2D eigenvalue weighted by atomic mass is 9.79. The van der Waals surface area contributed by atoms with E-state index < -0.39 is 5.60 Å². The third-order valence-electron chi connectivity index (χ3n) is 7.67. The molecule has 0 aromatic carbocycles. The lowest BCUT2D eigenvalue weighted by Gasteiger charge is -2.42. The van der Waals surface area contributed by atoms with Crippen LogP contribution in [-0.2, 0) is 14.3 Å². The molecule has 8 heteroatoms. The molecule has 2 fully saturated rings. The quantitative estimate of drug-likeness (QED) is 0.141. The fourth-order valence-corrected chi connectivity index (χ4v) is 5.52. The van der Waals surface area contributed by atoms with Gasteiger partial charge in [0.1, 0.15) is 11.9 Å². The molecule has 0 spiro atoms. The Hall–Kier alpha value is -2.90. The lowest BCUT2D eigenvalue weighted by molar-refractivity contribution is -0.123. The van der Waals surface area contributed by atoms with Gasteiger partial charge in [0, 0.05) is 60.3 Å². The van der Waals surface area contributed by atoms with Crippen molar-refractivity contribution in [3.8, 4) is 0 Å². The Balaban J connectivity index is 0.000000580. The molecule has 0 radical (unpaired) electrons. The smallest absolute Gasteiger partial charge is 0.410 e. The zero-order chi connectivity index (χ0) is 31.2. The topological polar surface area (TPSA) is 105 Å². The standard InChI is InChI=1S/C23H37N3O3.C10H19NO/c1-9-11-12-24-18(4)21(20(10-2)16-27)19(5)25-13-14-26(17(3)15-25)22(28)29-23(6,7)8;1-2-4-8-5-3-6-9(7-8)10(11)12/h10-12,16-17H,9,13-15H2,1-8H3;8-9H,2-7H2,1H3,(H2,11,12)/b12-11+,20-10-,21-19-,24-18+;. The van der Waals surface area contributed by atoms with Gasteiger partial charge in [-0.05, 0) is 73.6 Å². The third kappa shape index (κ3) is 12.2. The fraction of sp³-hybridized carbons (Fsp3) is 0.697. The molecule has 1 saturated heterocycles. The Bertz CT molecular complexity index is 988. The van der Waals surface area contributed by atoms with Gasteiger partial charge in [0.2, 0.25) is 5.91 Å². The number of primary amides is 1. The van der Waals surface area contributed by atoms with E-state index in [1.807, 2.05) is 60.6 Å². The predicted molar refractivity (Wildman–Crippen MR) is 169 cm³/mol. The number of ether oxygens (including phenoxy) is 1. The van der Waals surface area contributed by atoms with E-state index in [9.17, 15) is 14.4 Å². The largest absolute Gasteiger partial charge is 0.444 e. The number of aldehydes is 1. The molecule has 2 aliphatic rings. The maximum absolute atomic E-state index is 12.5. The highest BCUT2D eigenvalue weighted by Crippen LogP contribution is 2.31. The Kier molecular flexibility index (Phi) is 15.7. The maximum atomic E-state index is 12.5. The molecular weight excluding hydrogens is 516 g/mol. The molecule has 1 aliphatic carbocycles. The average Bonchev–Trinajstić information content (AvgIpc) is 2.91. The lowest BCUT2D eigenvalue weighted by Crippen LogP contribution is -2.54. The highest BCUT2D eigenvalue weighted by Gasteiger charge is 2.32. The summed E-state index contributed by atoms with van der Waals surface area (Å²) in [6.07, 6.45) is 14.1. The molecule has 0 bridgehead atoms. The van der Waals surface area contributed by atoms with Crippen molar-refractivity contribution >= 4 is 24.0 Å². The summed E-state index contributed by atoms with van der Waals surface area (Å²) in [5.74, 6) is 0.854. The molecule has 0 aromatic rings. The van der Waals surface area contributed by atoms with Gasteiger partial charge in [-0.1, -0.05) is 51.7 Å². The van der Waals surface area contributed by atoms with Gasteiger partial charge in [-0.25, -0.2) is 4.79 Å². The minimum Gasteiger partial charge on any atom is -0.444 e. The number of carbonyl (C=O) groups excluding carboxylic acids is 3. The minimum atomic E-state index is -0.513. The number of aliphatic imine (C=N–C) groups is 1. The molecule has 8 nitrogen and oxygen atoms in total. The number of carbonyl (C=O) groups is 3. The summed E-state index contributed by atoms with van der Waals surface area (Å²) in [7, 11) is 0. The number of nitrogens with zero attached hydrogens (tertiary/aromatic N) is 3. The van der Waals surface area contributed by atoms with E-state index in [1.165, 1.54) is 25.7 Å². The molecule has 2 amide bonds. The number of hydrogen-bond donors (Lipinski definition) is 1. The van der Waals surface area contributed by atoms with Gasteiger partial charge >= 0.3 is 6.09 Å². The predicted octanol–water partition coefficient (Wildman–Crippen LogP) is 6.81. The Labute approximate surface area is 249 Å². The molecule has 1 aliphatic heterocycles. The van der Waals surface area contributed by atoms with Crippen LogP contribution in [0.25, 0.3) is 0 Å². The number of amides is 2. The number of nitrogens with two attached hydrogens (primary N) is 1. The maximum Gasteiger partial charge on any atom is 0.410 e. The monoisotopic (exact) mass is 572 g/mol. The van der Waals surface area contributed by atoms with Crippen molar-refractivity contribution < 1.29 is 19.1 Å². The van der Waals surface area contributed by atoms with Gasteiger partial charge in [-0.15, -0.1) is 0 Å². The molecule has 3 atom stereocenters. The van der Waals surface area contributed by atoms with Crippen LogP contribution in [0.3, 0.4) is 0 Å². The zero-order valence-electron chi connectivity index (χ0n) is 27.2. The Morgan fingerprint density at radius 3 is 2.32 bits per heavy atom. The molecule has 0 aromatic heterocycles. The van der Waals surface area contributed by atoms with Crippen LogP contribution in [0.1, 0.15) is 107 Å². The Morgan fingerprint density at radius 2 is 1.80 bits per heavy atom. The van der Waals surface area contributed by atoms with Crippen LogP contribution in [0, 0.1) is 11.8 Å². The van der Waals surface area contributed by atoms with E-state index in [1.54, 1.807) is 11.1 Å². The molecule has 2 rings (SSSR count). The number of hydrogen-bond acceptors (Lipinski definition) is 6. The van der Waals surface area contributed by atoms with E-state index in [2.05, 4.69) is 23.7 Å². The zero-order valence-corrected chi connectivity index (χ0v) is 27.2. The molecule has 232 valence electrons. The van der Waals surface area contributed by atoms with Gasteiger partial charge in [0.05, 0.1) is 0 Å². The van der Waals surface area contributed by atoms with E-state index in [4.69, 9.17) is 10.5 Å². The van der Waals surface area contributed by atoms with Crippen LogP contribution in [0.2, 0.25) is 0 Å². The van der Waals surface area contributed by atoms with Gasteiger partial charge in [0.15, 0.2) is 0 Å². The Morgan fingerprint density at radius 1 is 1.12 bits per heavy atom. The van der Waals surface area contributed by atoms with Crippen LogP contribution >= 0.6 is 0 Å². The summed E-state index contributed by atoms with van der Waals surface area (Å²) >= 11 is 0. The van der Waals surface area contributed by atoms with E-state index >= 15 is 0 Å². The molecule has 1 heterocycles. The first-order chi connectivity index (χ1) is 19.3. The summed E-state index contributed by atoms with van der Waals surface area (Å²) in [4.78, 5) is 43.6. The van der Waals surface area contributed by atoms with E-state index in [-0.39, 0.29) is 24.0 Å². The van der Waals surface area contributed by atoms with Gasteiger partial charge in [0.25, 0.3) is 0 Å². The summed E-state index contributed by atoms with van der Waals surface area (Å²) in [6, 6.07) is -0.00248. The van der Waals surface area contributed by atoms with Crippen molar-refractivity contribution in [2.75, 3.05) is 19.6 Å². The molecule has 3 unspecified atom stereocenters. The average molecular weight is 573 g/mol. The number of piperazine rings is 1. The second kappa shape index (κ2) is 17.8. The van der Waals surface area contributed by atoms with Crippen LogP contribution in [0.4, 0.5) is 4.79 Å². The molecule has 2 N–H and O–H groups in total. The highest BCUT2D eigenvalue weighted by molar-refractivity contribution is 6.08. The van der Waals surface area contributed by atoms with Crippen molar-refractivity contribution in [2.24, 2.45) is 22.6 Å². The van der Waals surface area contributed by atoms with Crippen LogP contribution in [0.5, 0.6) is 0 Å². The summed E-state index contributed by atoms with van der Waals surface area (Å²) < 4.78 is 5.53. The third-order valence-corrected chi connectivity index (χ3v) is 7.67. The van der Waals surface area contributed by atoms with E-state index in [0.717, 1.165) is 48.4 Å². The SMILES string of the molecule is CCCC1CCCC(C(N)=O)C1.C\C=C(C=O)/C(C(/C)=N/C=C/CC)=C(/C)N1CCN(C(=O)OC(C)(C)C)C(C)C1. The van der Waals surface area contributed by atoms with Crippen molar-refractivity contribution in [3.05, 3.63) is 35.2 Å². The minimum absolute atomic E-state index is 0.00248. The van der Waals surface area contributed by atoms with Crippen molar-refractivity contribution in [1.82, 2.24) is 9.80 Å². The molecular formula is C33H56N4O4. The second-order valence-electron chi connectivity index (χ2n) is 12.2. The summed E-state index contributed by atoms with van der Waals surface area (Å²) in [5, 5.41) is 0. The summed E-state index contributed by atoms with van der Waals surface area (Å²) in [6.45, 7) is 19.6. The number of allylic oxidation sites excluding steroid dienone is 5. The first-order valence-electron chi connectivity index (χ1n) is 15.4. The summed E-state index contributed by atoms with van der Waals surface area (Å²) in [5.41, 5.74) is 8.04. The molecule has 1 saturated carbocycles. The number of rotatable bonds is 9. The first-order valence-corrected chi connectivity index (χ1v) is 15.4. The van der Waals surface area contributed by atoms with Crippen LogP contribution in [-0.4, -0.2) is 65.1 Å². The fourth-order valence-electron chi connectivity index (χ4n) is 5.52. The van der Waals surface area contributed by atoms with Gasteiger partial charge in [-0.2, -0.15) is 0 Å². The van der Waals surface area contributed by atoms with E-state index in [0.29, 0.717) is 25.2 Å². The van der Waals surface area contributed by atoms with Gasteiger partial charge < -0.3 is 20.3 Å². The van der Waals surface area contributed by atoms with Crippen molar-refractivity contribution in [1.29, 1.82) is 0 Å². The van der Waals surface area contributed by atoms with Crippen molar-refractivity contribution in [2.45, 2.75) is 119 Å². The van der Waals surface area contributed by atoms with Crippen molar-refractivity contribution in [3.63, 3.8) is 0 Å². The first kappa shape index (κ1) is 36.1.